The van der Waals surface area contributed by atoms with Crippen LogP contribution in [0.2, 0.25) is 0 Å². The molecule has 2 aliphatic rings. The number of rotatable bonds is 6. The molecular formula is C25H30BNO4. The SMILES string of the molecule is C=CCC(NC(=O)OCC1c2ccccc2-c2ccccc21)B1OC(C)(C)C(C)(C)O1. The Labute approximate surface area is 184 Å². The van der Waals surface area contributed by atoms with Crippen molar-refractivity contribution in [3.05, 3.63) is 72.3 Å². The molecule has 31 heavy (non-hydrogen) atoms. The molecule has 1 amide bonds. The van der Waals surface area contributed by atoms with Gasteiger partial charge in [-0.2, -0.15) is 0 Å². The maximum absolute atomic E-state index is 12.7. The van der Waals surface area contributed by atoms with Gasteiger partial charge in [0.1, 0.15) is 6.61 Å². The van der Waals surface area contributed by atoms with Crippen molar-refractivity contribution in [2.45, 2.75) is 57.2 Å². The van der Waals surface area contributed by atoms with Crippen LogP contribution in [0.25, 0.3) is 11.1 Å². The number of amides is 1. The number of benzene rings is 2. The van der Waals surface area contributed by atoms with Gasteiger partial charge in [0.2, 0.25) is 0 Å². The van der Waals surface area contributed by atoms with Crippen LogP contribution in [0.3, 0.4) is 0 Å². The first kappa shape index (κ1) is 21.7. The Morgan fingerprint density at radius 3 is 2.10 bits per heavy atom. The second-order valence-electron chi connectivity index (χ2n) is 9.23. The molecule has 0 radical (unpaired) electrons. The number of hydrogen-bond donors (Lipinski definition) is 1. The van der Waals surface area contributed by atoms with Gasteiger partial charge in [-0.25, -0.2) is 4.79 Å². The Kier molecular flexibility index (Phi) is 5.71. The summed E-state index contributed by atoms with van der Waals surface area (Å²) in [6.45, 7) is 12.0. The van der Waals surface area contributed by atoms with Crippen molar-refractivity contribution in [1.29, 1.82) is 0 Å². The first-order valence-electron chi connectivity index (χ1n) is 10.8. The highest BCUT2D eigenvalue weighted by atomic mass is 16.7. The monoisotopic (exact) mass is 419 g/mol. The van der Waals surface area contributed by atoms with Crippen LogP contribution in [-0.4, -0.2) is 37.0 Å². The molecule has 1 N–H and O–H groups in total. The van der Waals surface area contributed by atoms with E-state index in [9.17, 15) is 4.79 Å². The van der Waals surface area contributed by atoms with E-state index in [-0.39, 0.29) is 18.5 Å². The van der Waals surface area contributed by atoms with Crippen LogP contribution in [-0.2, 0) is 14.0 Å². The molecule has 1 heterocycles. The summed E-state index contributed by atoms with van der Waals surface area (Å²) in [5.74, 6) is -0.359. The van der Waals surface area contributed by atoms with Gasteiger partial charge in [0.05, 0.1) is 17.1 Å². The molecule has 1 unspecified atom stereocenters. The minimum absolute atomic E-state index is 0.0212. The van der Waals surface area contributed by atoms with Gasteiger partial charge in [0, 0.05) is 5.92 Å². The van der Waals surface area contributed by atoms with Crippen LogP contribution in [0, 0.1) is 0 Å². The van der Waals surface area contributed by atoms with Crippen LogP contribution < -0.4 is 5.32 Å². The zero-order valence-electron chi connectivity index (χ0n) is 18.7. The van der Waals surface area contributed by atoms with E-state index in [0.29, 0.717) is 6.42 Å². The molecule has 1 atom stereocenters. The molecule has 0 spiro atoms. The summed E-state index contributed by atoms with van der Waals surface area (Å²) in [7, 11) is -0.566. The second kappa shape index (κ2) is 8.17. The third-order valence-corrected chi connectivity index (χ3v) is 6.67. The van der Waals surface area contributed by atoms with Crippen molar-refractivity contribution in [3.63, 3.8) is 0 Å². The molecule has 162 valence electrons. The maximum atomic E-state index is 12.7. The summed E-state index contributed by atoms with van der Waals surface area (Å²) < 4.78 is 17.9. The summed E-state index contributed by atoms with van der Waals surface area (Å²) in [5.41, 5.74) is 3.83. The molecule has 1 saturated heterocycles. The van der Waals surface area contributed by atoms with E-state index < -0.39 is 24.4 Å². The zero-order valence-corrected chi connectivity index (χ0v) is 18.7. The van der Waals surface area contributed by atoms with E-state index in [0.717, 1.165) is 0 Å². The van der Waals surface area contributed by atoms with E-state index in [1.54, 1.807) is 6.08 Å². The van der Waals surface area contributed by atoms with Crippen LogP contribution in [0.4, 0.5) is 4.79 Å². The number of carbonyl (C=O) groups is 1. The summed E-state index contributed by atoms with van der Waals surface area (Å²) in [4.78, 5) is 12.7. The normalized spacial score (nSPS) is 19.4. The van der Waals surface area contributed by atoms with E-state index >= 15 is 0 Å². The minimum Gasteiger partial charge on any atom is -0.449 e. The van der Waals surface area contributed by atoms with Crippen molar-refractivity contribution in [3.8, 4) is 11.1 Å². The third-order valence-electron chi connectivity index (χ3n) is 6.67. The predicted octanol–water partition coefficient (Wildman–Crippen LogP) is 5.10. The average Bonchev–Trinajstić information content (AvgIpc) is 3.16. The van der Waals surface area contributed by atoms with Gasteiger partial charge in [0.15, 0.2) is 0 Å². The molecule has 5 nitrogen and oxygen atoms in total. The Bertz CT molecular complexity index is 925. The van der Waals surface area contributed by atoms with Crippen LogP contribution in [0.5, 0.6) is 0 Å². The highest BCUT2D eigenvalue weighted by molar-refractivity contribution is 6.48. The van der Waals surface area contributed by atoms with E-state index in [4.69, 9.17) is 14.0 Å². The first-order chi connectivity index (χ1) is 14.7. The number of fused-ring (bicyclic) bond motifs is 3. The Balaban J connectivity index is 1.44. The van der Waals surface area contributed by atoms with Crippen molar-refractivity contribution < 1.29 is 18.8 Å². The smallest absolute Gasteiger partial charge is 0.449 e. The summed E-state index contributed by atoms with van der Waals surface area (Å²) in [6.07, 6.45) is 1.78. The fourth-order valence-corrected chi connectivity index (χ4v) is 4.26. The highest BCUT2D eigenvalue weighted by Gasteiger charge is 2.54. The van der Waals surface area contributed by atoms with Crippen LogP contribution in [0.1, 0.15) is 51.2 Å². The summed E-state index contributed by atoms with van der Waals surface area (Å²) in [5, 5.41) is 2.92. The predicted molar refractivity (Wildman–Crippen MR) is 123 cm³/mol. The molecular weight excluding hydrogens is 389 g/mol. The largest absolute Gasteiger partial charge is 0.482 e. The minimum atomic E-state index is -0.566. The maximum Gasteiger partial charge on any atom is 0.482 e. The molecule has 4 rings (SSSR count). The fourth-order valence-electron chi connectivity index (χ4n) is 4.26. The number of alkyl carbamates (subject to hydrolysis) is 1. The van der Waals surface area contributed by atoms with Crippen molar-refractivity contribution >= 4 is 13.2 Å². The molecule has 1 aliphatic heterocycles. The standard InChI is InChI=1S/C25H30BNO4/c1-6-11-22(26-30-24(2,3)25(4,5)31-26)27-23(28)29-16-21-19-14-9-7-12-17(19)18-13-8-10-15-20(18)21/h6-10,12-15,21-22H,1,11,16H2,2-5H3,(H,27,28). The summed E-state index contributed by atoms with van der Waals surface area (Å²) >= 11 is 0. The van der Waals surface area contributed by atoms with Crippen LogP contribution in [0.15, 0.2) is 61.2 Å². The molecule has 1 fully saturated rings. The van der Waals surface area contributed by atoms with Crippen molar-refractivity contribution in [2.24, 2.45) is 0 Å². The van der Waals surface area contributed by atoms with Gasteiger partial charge in [-0.15, -0.1) is 6.58 Å². The van der Waals surface area contributed by atoms with Gasteiger partial charge in [-0.3, -0.25) is 0 Å². The lowest BCUT2D eigenvalue weighted by Gasteiger charge is -2.32. The Morgan fingerprint density at radius 2 is 1.58 bits per heavy atom. The zero-order chi connectivity index (χ0) is 22.2. The lowest BCUT2D eigenvalue weighted by Crippen LogP contribution is -2.48. The van der Waals surface area contributed by atoms with E-state index in [1.807, 2.05) is 52.0 Å². The average molecular weight is 419 g/mol. The fraction of sp³-hybridized carbons (Fsp3) is 0.400. The van der Waals surface area contributed by atoms with E-state index in [2.05, 4.69) is 36.2 Å². The highest BCUT2D eigenvalue weighted by Crippen LogP contribution is 2.44. The van der Waals surface area contributed by atoms with E-state index in [1.165, 1.54) is 22.3 Å². The van der Waals surface area contributed by atoms with Crippen molar-refractivity contribution in [1.82, 2.24) is 5.32 Å². The summed E-state index contributed by atoms with van der Waals surface area (Å²) in [6, 6.07) is 16.6. The molecule has 2 aromatic rings. The quantitative estimate of drug-likeness (QED) is 0.523. The molecule has 0 saturated carbocycles. The Morgan fingerprint density at radius 1 is 1.06 bits per heavy atom. The molecule has 6 heteroatoms. The second-order valence-corrected chi connectivity index (χ2v) is 9.23. The molecule has 0 aromatic heterocycles. The number of nitrogens with one attached hydrogen (secondary N) is 1. The van der Waals surface area contributed by atoms with Gasteiger partial charge in [-0.05, 0) is 56.4 Å². The molecule has 1 aliphatic carbocycles. The van der Waals surface area contributed by atoms with Gasteiger partial charge < -0.3 is 19.4 Å². The first-order valence-corrected chi connectivity index (χ1v) is 10.8. The number of carbonyl (C=O) groups excluding carboxylic acids is 1. The van der Waals surface area contributed by atoms with Gasteiger partial charge in [-0.1, -0.05) is 54.6 Å². The third kappa shape index (κ3) is 4.02. The lowest BCUT2D eigenvalue weighted by molar-refractivity contribution is 0.00578. The number of ether oxygens (including phenoxy) is 1. The molecule has 0 bridgehead atoms. The number of hydrogen-bond acceptors (Lipinski definition) is 4. The Hall–Kier alpha value is -2.57. The molecule has 2 aromatic carbocycles. The topological polar surface area (TPSA) is 56.8 Å². The van der Waals surface area contributed by atoms with Gasteiger partial charge in [0.25, 0.3) is 0 Å². The lowest BCUT2D eigenvalue weighted by atomic mass is 9.76. The van der Waals surface area contributed by atoms with Crippen LogP contribution >= 0.6 is 0 Å². The van der Waals surface area contributed by atoms with Crippen molar-refractivity contribution in [2.75, 3.05) is 6.61 Å². The van der Waals surface area contributed by atoms with Gasteiger partial charge >= 0.3 is 13.2 Å².